The van der Waals surface area contributed by atoms with Crippen molar-refractivity contribution in [2.75, 3.05) is 6.54 Å². The molecule has 4 aromatic rings. The van der Waals surface area contributed by atoms with Crippen molar-refractivity contribution in [1.29, 1.82) is 0 Å². The Kier molecular flexibility index (Phi) is 10.1. The number of hydrogen-bond acceptors (Lipinski definition) is 4. The second-order valence-corrected chi connectivity index (χ2v) is 14.3. The maximum absolute atomic E-state index is 13.6. The lowest BCUT2D eigenvalue weighted by Crippen LogP contribution is -2.36. The fraction of sp³-hybridized carbons (Fsp3) is 0.357. The Morgan fingerprint density at radius 1 is 0.959 bits per heavy atom. The Balaban J connectivity index is 1.07. The number of likely N-dealkylation sites (tertiary alicyclic amines) is 1. The number of halogens is 1. The zero-order valence-corrected chi connectivity index (χ0v) is 28.6. The smallest absolute Gasteiger partial charge is 0.287 e. The first-order chi connectivity index (χ1) is 23.9. The highest BCUT2D eigenvalue weighted by Crippen LogP contribution is 2.38. The number of piperidine rings is 1. The molecule has 0 bridgehead atoms. The number of allylic oxidation sites excluding steroid dienone is 3. The molecule has 0 radical (unpaired) electrons. The minimum absolute atomic E-state index is 0.0121. The van der Waals surface area contributed by atoms with Gasteiger partial charge in [0.1, 0.15) is 5.58 Å². The van der Waals surface area contributed by atoms with E-state index in [1.807, 2.05) is 47.4 Å². The third kappa shape index (κ3) is 7.91. The highest BCUT2D eigenvalue weighted by atomic mass is 35.5. The molecule has 1 unspecified atom stereocenters. The van der Waals surface area contributed by atoms with Crippen molar-refractivity contribution in [2.45, 2.75) is 88.6 Å². The number of benzene rings is 3. The molecular formula is C42H43ClN2O4. The van der Waals surface area contributed by atoms with Gasteiger partial charge in [-0.15, -0.1) is 0 Å². The van der Waals surface area contributed by atoms with Gasteiger partial charge < -0.3 is 14.6 Å². The van der Waals surface area contributed by atoms with Crippen LogP contribution in [0.4, 0.5) is 0 Å². The van der Waals surface area contributed by atoms with Gasteiger partial charge in [-0.3, -0.25) is 14.4 Å². The second kappa shape index (κ2) is 15.0. The molecule has 0 spiro atoms. The summed E-state index contributed by atoms with van der Waals surface area (Å²) in [7, 11) is 0. The minimum atomic E-state index is -0.410. The van der Waals surface area contributed by atoms with Crippen molar-refractivity contribution in [3.8, 4) is 0 Å². The SMILES string of the molecule is O=C(N[C@H](C=C1CCC(c2ccccc2CN2CCCCC2=O)CC1)Cc1ccc(Cl)cc1)c1cc(=O)c2cc(C3C=CCC3)ccc2o1. The normalized spacial score (nSPS) is 20.1. The molecule has 252 valence electrons. The quantitative estimate of drug-likeness (QED) is 0.180. The third-order valence-electron chi connectivity index (χ3n) is 10.4. The van der Waals surface area contributed by atoms with Crippen molar-refractivity contribution in [3.05, 3.63) is 140 Å². The van der Waals surface area contributed by atoms with E-state index in [4.69, 9.17) is 16.0 Å². The molecule has 7 rings (SSSR count). The van der Waals surface area contributed by atoms with Gasteiger partial charge in [-0.05, 0) is 110 Å². The standard InChI is InChI=1S/C42H43ClN2O4/c43-34-19-14-29(15-20-34)24-35(44-42(48)40-26-38(46)37-25-32(18-21-39(37)49-40)30-7-1-2-8-30)23-28-12-16-31(17-13-28)36-10-4-3-9-33(36)27-45-22-6-5-11-41(45)47/h1,3-4,7,9-10,14-15,18-21,23,25-26,30-31,35H,2,5-6,8,11-13,16-17,22,24,27H2,(H,44,48)/t30?,31?,35-/m1/s1. The van der Waals surface area contributed by atoms with Gasteiger partial charge in [-0.2, -0.15) is 0 Å². The van der Waals surface area contributed by atoms with Gasteiger partial charge in [-0.1, -0.05) is 77.9 Å². The van der Waals surface area contributed by atoms with Crippen LogP contribution in [0.2, 0.25) is 5.02 Å². The summed E-state index contributed by atoms with van der Waals surface area (Å²) in [6, 6.07) is 23.0. The van der Waals surface area contributed by atoms with Crippen LogP contribution < -0.4 is 10.7 Å². The maximum Gasteiger partial charge on any atom is 0.287 e. The van der Waals surface area contributed by atoms with E-state index in [1.165, 1.54) is 22.8 Å². The molecule has 2 atom stereocenters. The van der Waals surface area contributed by atoms with Crippen LogP contribution in [0.25, 0.3) is 11.0 Å². The van der Waals surface area contributed by atoms with Crippen LogP contribution >= 0.6 is 11.6 Å². The molecule has 49 heavy (non-hydrogen) atoms. The molecule has 3 aromatic carbocycles. The molecule has 1 aliphatic heterocycles. The number of fused-ring (bicyclic) bond motifs is 1. The fourth-order valence-corrected chi connectivity index (χ4v) is 7.88. The van der Waals surface area contributed by atoms with Crippen molar-refractivity contribution in [1.82, 2.24) is 10.2 Å². The largest absolute Gasteiger partial charge is 0.451 e. The van der Waals surface area contributed by atoms with E-state index >= 15 is 0 Å². The van der Waals surface area contributed by atoms with Crippen LogP contribution in [0, 0.1) is 0 Å². The average molecular weight is 675 g/mol. The van der Waals surface area contributed by atoms with E-state index in [2.05, 4.69) is 47.8 Å². The monoisotopic (exact) mass is 674 g/mol. The van der Waals surface area contributed by atoms with Crippen LogP contribution in [-0.2, 0) is 17.8 Å². The molecule has 6 nitrogen and oxygen atoms in total. The molecule has 1 aromatic heterocycles. The number of hydrogen-bond donors (Lipinski definition) is 1. The van der Waals surface area contributed by atoms with E-state index in [0.717, 1.165) is 69.0 Å². The summed E-state index contributed by atoms with van der Waals surface area (Å²) in [6.45, 7) is 1.53. The summed E-state index contributed by atoms with van der Waals surface area (Å²) >= 11 is 6.17. The summed E-state index contributed by atoms with van der Waals surface area (Å²) in [5.74, 6) is 0.599. The molecule has 2 fully saturated rings. The van der Waals surface area contributed by atoms with Gasteiger partial charge in [0.25, 0.3) is 5.91 Å². The van der Waals surface area contributed by atoms with E-state index in [0.29, 0.717) is 47.2 Å². The third-order valence-corrected chi connectivity index (χ3v) is 10.7. The number of rotatable bonds is 9. The molecule has 2 aliphatic carbocycles. The molecule has 3 aliphatic rings. The molecule has 2 heterocycles. The van der Waals surface area contributed by atoms with E-state index in [-0.39, 0.29) is 23.1 Å². The van der Waals surface area contributed by atoms with Crippen molar-refractivity contribution < 1.29 is 14.0 Å². The van der Waals surface area contributed by atoms with Crippen LogP contribution in [0.5, 0.6) is 0 Å². The van der Waals surface area contributed by atoms with Gasteiger partial charge in [-0.25, -0.2) is 0 Å². The van der Waals surface area contributed by atoms with Gasteiger partial charge in [0.2, 0.25) is 5.91 Å². The predicted octanol–water partition coefficient (Wildman–Crippen LogP) is 9.02. The predicted molar refractivity (Wildman–Crippen MR) is 195 cm³/mol. The highest BCUT2D eigenvalue weighted by molar-refractivity contribution is 6.30. The van der Waals surface area contributed by atoms with Crippen molar-refractivity contribution >= 4 is 34.4 Å². The molecule has 1 N–H and O–H groups in total. The maximum atomic E-state index is 13.6. The van der Waals surface area contributed by atoms with Crippen molar-refractivity contribution in [2.24, 2.45) is 0 Å². The number of carbonyl (C=O) groups is 2. The second-order valence-electron chi connectivity index (χ2n) is 13.8. The van der Waals surface area contributed by atoms with E-state index < -0.39 is 5.91 Å². The molecule has 2 amide bonds. The highest BCUT2D eigenvalue weighted by Gasteiger charge is 2.25. The van der Waals surface area contributed by atoms with Crippen LogP contribution in [0.15, 0.2) is 106 Å². The average Bonchev–Trinajstić information content (AvgIpc) is 3.66. The van der Waals surface area contributed by atoms with Crippen LogP contribution in [0.1, 0.15) is 102 Å². The lowest BCUT2D eigenvalue weighted by molar-refractivity contribution is -0.133. The summed E-state index contributed by atoms with van der Waals surface area (Å²) < 4.78 is 6.02. The fourth-order valence-electron chi connectivity index (χ4n) is 7.75. The number of nitrogens with one attached hydrogen (secondary N) is 1. The summed E-state index contributed by atoms with van der Waals surface area (Å²) in [4.78, 5) is 41.4. The van der Waals surface area contributed by atoms with Gasteiger partial charge >= 0.3 is 0 Å². The minimum Gasteiger partial charge on any atom is -0.451 e. The Hall–Kier alpha value is -4.42. The molecule has 1 saturated heterocycles. The zero-order chi connectivity index (χ0) is 33.7. The van der Waals surface area contributed by atoms with Gasteiger partial charge in [0.05, 0.1) is 11.4 Å². The Labute approximate surface area is 292 Å². The molecular weight excluding hydrogens is 632 g/mol. The molecule has 7 heteroatoms. The number of carbonyl (C=O) groups excluding carboxylic acids is 2. The lowest BCUT2D eigenvalue weighted by atomic mass is 9.79. The van der Waals surface area contributed by atoms with Gasteiger partial charge in [0.15, 0.2) is 11.2 Å². The first-order valence-electron chi connectivity index (χ1n) is 17.7. The van der Waals surface area contributed by atoms with Crippen LogP contribution in [0.3, 0.4) is 0 Å². The van der Waals surface area contributed by atoms with Crippen LogP contribution in [-0.4, -0.2) is 29.3 Å². The van der Waals surface area contributed by atoms with Gasteiger partial charge in [0, 0.05) is 36.5 Å². The summed E-state index contributed by atoms with van der Waals surface area (Å²) in [5.41, 5.74) is 6.26. The zero-order valence-electron chi connectivity index (χ0n) is 27.8. The van der Waals surface area contributed by atoms with E-state index in [1.54, 1.807) is 0 Å². The first kappa shape index (κ1) is 33.1. The topological polar surface area (TPSA) is 79.6 Å². The summed E-state index contributed by atoms with van der Waals surface area (Å²) in [5, 5.41) is 4.32. The van der Waals surface area contributed by atoms with Crippen molar-refractivity contribution in [3.63, 3.8) is 0 Å². The summed E-state index contributed by atoms with van der Waals surface area (Å²) in [6.07, 6.45) is 15.8. The van der Waals surface area contributed by atoms with E-state index in [9.17, 15) is 14.4 Å². The number of nitrogens with zero attached hydrogens (tertiary/aromatic N) is 1. The molecule has 1 saturated carbocycles. The Morgan fingerprint density at radius 2 is 1.78 bits per heavy atom. The first-order valence-corrected chi connectivity index (χ1v) is 18.1. The Bertz CT molecular complexity index is 1950. The Morgan fingerprint density at radius 3 is 2.55 bits per heavy atom. The number of amides is 2. The lowest BCUT2D eigenvalue weighted by Gasteiger charge is -2.31.